The van der Waals surface area contributed by atoms with Crippen LogP contribution in [0.15, 0.2) is 78.5 Å². The summed E-state index contributed by atoms with van der Waals surface area (Å²) in [6.45, 7) is 9.13. The van der Waals surface area contributed by atoms with Crippen LogP contribution in [0.25, 0.3) is 0 Å². The Balaban J connectivity index is 1.57. The van der Waals surface area contributed by atoms with Crippen molar-refractivity contribution >= 4 is 17.1 Å². The quantitative estimate of drug-likeness (QED) is 0.443. The van der Waals surface area contributed by atoms with E-state index < -0.39 is 0 Å². The standard InChI is InChI=1S/C28H33N2O/c1-27(2)21-13-11-12-14-23(21)29(5)25(27)15-9-8-10-16-26-28(3,4)22-19-20(31-7)17-18-24(22)30(26)6/h8-19H,1-7H3/q+1. The normalized spacial score (nSPS) is 20.2. The summed E-state index contributed by atoms with van der Waals surface area (Å²) >= 11 is 0. The molecule has 2 aromatic carbocycles. The van der Waals surface area contributed by atoms with Crippen LogP contribution in [0.4, 0.5) is 11.4 Å². The minimum Gasteiger partial charge on any atom is -0.497 e. The van der Waals surface area contributed by atoms with Crippen LogP contribution in [0, 0.1) is 0 Å². The van der Waals surface area contributed by atoms with Crippen LogP contribution in [0.3, 0.4) is 0 Å². The van der Waals surface area contributed by atoms with Gasteiger partial charge in [-0.15, -0.1) is 0 Å². The highest BCUT2D eigenvalue weighted by Crippen LogP contribution is 2.48. The number of nitrogens with zero attached hydrogens (tertiary/aromatic N) is 2. The Hall–Kier alpha value is -3.07. The summed E-state index contributed by atoms with van der Waals surface area (Å²) in [5.74, 6) is 0.904. The molecule has 3 nitrogen and oxygen atoms in total. The second kappa shape index (κ2) is 7.56. The van der Waals surface area contributed by atoms with Crippen molar-refractivity contribution in [3.8, 4) is 5.75 Å². The van der Waals surface area contributed by atoms with Gasteiger partial charge in [-0.2, -0.15) is 4.58 Å². The third-order valence-corrected chi connectivity index (χ3v) is 6.91. The Kier molecular flexibility index (Phi) is 5.17. The number of hydrogen-bond donors (Lipinski definition) is 0. The second-order valence-electron chi connectivity index (χ2n) is 9.45. The van der Waals surface area contributed by atoms with Crippen molar-refractivity contribution in [1.29, 1.82) is 0 Å². The summed E-state index contributed by atoms with van der Waals surface area (Å²) in [6.07, 6.45) is 10.9. The zero-order chi connectivity index (χ0) is 22.4. The maximum Gasteiger partial charge on any atom is 0.209 e. The van der Waals surface area contributed by atoms with E-state index in [0.717, 1.165) is 5.75 Å². The Morgan fingerprint density at radius 3 is 2.35 bits per heavy atom. The van der Waals surface area contributed by atoms with E-state index in [9.17, 15) is 0 Å². The number of allylic oxidation sites excluding steroid dienone is 6. The zero-order valence-electron chi connectivity index (χ0n) is 19.7. The van der Waals surface area contributed by atoms with Gasteiger partial charge in [0.15, 0.2) is 5.71 Å². The summed E-state index contributed by atoms with van der Waals surface area (Å²) in [4.78, 5) is 2.28. The molecule has 0 saturated heterocycles. The third kappa shape index (κ3) is 3.33. The maximum atomic E-state index is 5.45. The van der Waals surface area contributed by atoms with Crippen molar-refractivity contribution < 1.29 is 9.31 Å². The van der Waals surface area contributed by atoms with Gasteiger partial charge in [0.2, 0.25) is 5.69 Å². The van der Waals surface area contributed by atoms with Gasteiger partial charge in [-0.25, -0.2) is 0 Å². The molecule has 0 atom stereocenters. The average molecular weight is 414 g/mol. The van der Waals surface area contributed by atoms with Crippen LogP contribution in [0.1, 0.15) is 38.8 Å². The monoisotopic (exact) mass is 413 g/mol. The lowest BCUT2D eigenvalue weighted by molar-refractivity contribution is -0.401. The average Bonchev–Trinajstić information content (AvgIpc) is 3.07. The Bertz CT molecular complexity index is 1150. The van der Waals surface area contributed by atoms with E-state index in [1.54, 1.807) is 7.11 Å². The number of fused-ring (bicyclic) bond motifs is 2. The second-order valence-corrected chi connectivity index (χ2v) is 9.45. The first kappa shape index (κ1) is 21.2. The van der Waals surface area contributed by atoms with Crippen LogP contribution in [-0.2, 0) is 10.8 Å². The minimum absolute atomic E-state index is 0.00249. The number of hydrogen-bond acceptors (Lipinski definition) is 2. The molecule has 0 amide bonds. The van der Waals surface area contributed by atoms with Gasteiger partial charge in [0, 0.05) is 41.6 Å². The molecule has 0 spiro atoms. The van der Waals surface area contributed by atoms with Crippen LogP contribution >= 0.6 is 0 Å². The first-order valence-corrected chi connectivity index (χ1v) is 10.9. The maximum absolute atomic E-state index is 5.45. The van der Waals surface area contributed by atoms with E-state index in [0.29, 0.717) is 0 Å². The molecular formula is C28H33N2O+. The summed E-state index contributed by atoms with van der Waals surface area (Å²) in [7, 11) is 6.01. The van der Waals surface area contributed by atoms with Gasteiger partial charge in [0.05, 0.1) is 12.5 Å². The van der Waals surface area contributed by atoms with Gasteiger partial charge in [0.1, 0.15) is 12.8 Å². The predicted molar refractivity (Wildman–Crippen MR) is 131 cm³/mol. The molecular weight excluding hydrogens is 380 g/mol. The summed E-state index contributed by atoms with van der Waals surface area (Å²) < 4.78 is 7.75. The van der Waals surface area contributed by atoms with Crippen LogP contribution < -0.4 is 9.64 Å². The smallest absolute Gasteiger partial charge is 0.209 e. The number of ether oxygens (including phenoxy) is 1. The van der Waals surface area contributed by atoms with E-state index in [1.165, 1.54) is 33.9 Å². The molecule has 2 aliphatic rings. The molecule has 2 heterocycles. The summed E-state index contributed by atoms with van der Waals surface area (Å²) in [5, 5.41) is 0. The molecule has 0 fully saturated rings. The topological polar surface area (TPSA) is 15.5 Å². The molecule has 3 heteroatoms. The van der Waals surface area contributed by atoms with Gasteiger partial charge in [-0.1, -0.05) is 50.3 Å². The van der Waals surface area contributed by atoms with Crippen molar-refractivity contribution in [2.75, 3.05) is 26.1 Å². The number of benzene rings is 2. The first-order valence-electron chi connectivity index (χ1n) is 10.9. The van der Waals surface area contributed by atoms with Crippen LogP contribution in [-0.4, -0.2) is 31.5 Å². The van der Waals surface area contributed by atoms with Crippen molar-refractivity contribution in [3.05, 3.63) is 89.7 Å². The number of anilines is 1. The third-order valence-electron chi connectivity index (χ3n) is 6.91. The van der Waals surface area contributed by atoms with Crippen molar-refractivity contribution in [1.82, 2.24) is 0 Å². The molecule has 0 N–H and O–H groups in total. The molecule has 0 radical (unpaired) electrons. The summed E-state index contributed by atoms with van der Waals surface area (Å²) in [6, 6.07) is 15.0. The van der Waals surface area contributed by atoms with E-state index in [-0.39, 0.29) is 10.8 Å². The Labute approximate surface area is 186 Å². The zero-order valence-corrected chi connectivity index (χ0v) is 19.7. The van der Waals surface area contributed by atoms with E-state index in [2.05, 4.69) is 118 Å². The Morgan fingerprint density at radius 2 is 1.65 bits per heavy atom. The summed E-state index contributed by atoms with van der Waals surface area (Å²) in [5.41, 5.74) is 7.73. The lowest BCUT2D eigenvalue weighted by Gasteiger charge is -2.23. The molecule has 0 aliphatic carbocycles. The number of para-hydroxylation sites is 1. The van der Waals surface area contributed by atoms with E-state index >= 15 is 0 Å². The van der Waals surface area contributed by atoms with Gasteiger partial charge < -0.3 is 9.64 Å². The highest BCUT2D eigenvalue weighted by atomic mass is 16.5. The van der Waals surface area contributed by atoms with Gasteiger partial charge >= 0.3 is 0 Å². The predicted octanol–water partition coefficient (Wildman–Crippen LogP) is 6.13. The molecule has 0 bridgehead atoms. The lowest BCUT2D eigenvalue weighted by Crippen LogP contribution is -2.26. The molecule has 2 aliphatic heterocycles. The highest BCUT2D eigenvalue weighted by molar-refractivity contribution is 6.03. The van der Waals surface area contributed by atoms with Gasteiger partial charge in [-0.05, 0) is 43.7 Å². The fourth-order valence-electron chi connectivity index (χ4n) is 5.10. The van der Waals surface area contributed by atoms with Gasteiger partial charge in [0.25, 0.3) is 0 Å². The van der Waals surface area contributed by atoms with Crippen LogP contribution in [0.2, 0.25) is 0 Å². The number of rotatable bonds is 4. The molecule has 4 rings (SSSR count). The largest absolute Gasteiger partial charge is 0.497 e. The fourth-order valence-corrected chi connectivity index (χ4v) is 5.10. The Morgan fingerprint density at radius 1 is 0.903 bits per heavy atom. The molecule has 2 aromatic rings. The van der Waals surface area contributed by atoms with Crippen molar-refractivity contribution in [2.45, 2.75) is 38.5 Å². The molecule has 31 heavy (non-hydrogen) atoms. The first-order chi connectivity index (χ1) is 14.7. The SMILES string of the molecule is COc1ccc2c(c1)C(C)(C)\C(=C/C=C/C=C/C1=[N+](C)c3ccccc3C1(C)C)N2C. The highest BCUT2D eigenvalue weighted by Gasteiger charge is 2.42. The van der Waals surface area contributed by atoms with Crippen molar-refractivity contribution in [3.63, 3.8) is 0 Å². The van der Waals surface area contributed by atoms with Gasteiger partial charge in [-0.3, -0.25) is 0 Å². The van der Waals surface area contributed by atoms with Crippen LogP contribution in [0.5, 0.6) is 5.75 Å². The molecule has 0 unspecified atom stereocenters. The lowest BCUT2D eigenvalue weighted by atomic mass is 9.81. The molecule has 0 aromatic heterocycles. The molecule has 160 valence electrons. The van der Waals surface area contributed by atoms with E-state index in [1.807, 2.05) is 6.07 Å². The minimum atomic E-state index is -0.0727. The number of methoxy groups -OCH3 is 1. The van der Waals surface area contributed by atoms with E-state index in [4.69, 9.17) is 4.74 Å². The number of likely N-dealkylation sites (N-methyl/N-ethyl adjacent to an activating group) is 1. The fraction of sp³-hybridized carbons (Fsp3) is 0.321. The van der Waals surface area contributed by atoms with Crippen molar-refractivity contribution in [2.24, 2.45) is 0 Å². The molecule has 0 saturated carbocycles.